The van der Waals surface area contributed by atoms with Crippen molar-refractivity contribution in [3.8, 4) is 0 Å². The lowest BCUT2D eigenvalue weighted by molar-refractivity contribution is -0.146. The Morgan fingerprint density at radius 3 is 1.28 bits per heavy atom. The van der Waals surface area contributed by atoms with E-state index in [-0.39, 0.29) is 75.6 Å². The molecule has 0 spiro atoms. The lowest BCUT2D eigenvalue weighted by atomic mass is 9.81. The Bertz CT molecular complexity index is 2860. The molecule has 1 saturated carbocycles. The van der Waals surface area contributed by atoms with Crippen LogP contribution in [-0.2, 0) is 58.9 Å². The first-order valence-corrected chi connectivity index (χ1v) is 34.3. The summed E-state index contributed by atoms with van der Waals surface area (Å²) in [4.78, 5) is 119. The second-order valence-electron chi connectivity index (χ2n) is 26.3. The smallest absolute Gasteiger partial charge is 0.255 e. The van der Waals surface area contributed by atoms with Crippen molar-refractivity contribution in [3.05, 3.63) is 144 Å². The maximum Gasteiger partial charge on any atom is 0.255 e. The number of ether oxygens (including phenoxy) is 2. The van der Waals surface area contributed by atoms with Crippen LogP contribution in [0.2, 0.25) is 0 Å². The second-order valence-corrected chi connectivity index (χ2v) is 26.3. The van der Waals surface area contributed by atoms with Crippen LogP contribution in [-0.4, -0.2) is 176 Å². The van der Waals surface area contributed by atoms with Gasteiger partial charge in [0, 0.05) is 63.9 Å². The number of rotatable bonds is 31. The fraction of sp³-hybridized carbons (Fsp3) is 0.562. The maximum atomic E-state index is 15.0. The number of carbonyl (C=O) groups is 8. The van der Waals surface area contributed by atoms with Gasteiger partial charge in [-0.1, -0.05) is 135 Å². The molecule has 10 atom stereocenters. The number of aliphatic hydroxyl groups excluding tert-OH is 2. The van der Waals surface area contributed by atoms with E-state index in [1.165, 1.54) is 0 Å². The molecule has 5 aliphatic rings. The number of likely N-dealkylation sites (N-methyl/N-ethyl adjacent to an activating group) is 2. The molecule has 1 aliphatic carbocycles. The summed E-state index contributed by atoms with van der Waals surface area (Å²) < 4.78 is 12.5. The van der Waals surface area contributed by atoms with Gasteiger partial charge in [0.15, 0.2) is 16.9 Å². The predicted octanol–water partition coefficient (Wildman–Crippen LogP) is 4.76. The lowest BCUT2D eigenvalue weighted by Crippen LogP contribution is -2.62. The molecular weight excluding hydrogens is 1190 g/mol. The van der Waals surface area contributed by atoms with Gasteiger partial charge in [-0.05, 0) is 144 Å². The number of ketones is 1. The molecule has 5 fully saturated rings. The first kappa shape index (κ1) is 70.9. The zero-order valence-electron chi connectivity index (χ0n) is 55.1. The van der Waals surface area contributed by atoms with E-state index in [2.05, 4.69) is 37.2 Å². The van der Waals surface area contributed by atoms with Crippen molar-refractivity contribution in [1.29, 1.82) is 0 Å². The number of aliphatic hydroxyl groups is 2. The molecule has 21 heteroatoms. The summed E-state index contributed by atoms with van der Waals surface area (Å²) in [6.07, 6.45) is 8.67. The molecule has 7 amide bonds. The molecule has 9 rings (SSSR count). The van der Waals surface area contributed by atoms with Gasteiger partial charge in [-0.2, -0.15) is 0 Å². The largest absolute Gasteiger partial charge is 0.396 e. The molecule has 4 aromatic rings. The quantitative estimate of drug-likeness (QED) is 0.0308. The highest BCUT2D eigenvalue weighted by Gasteiger charge is 2.53. The summed E-state index contributed by atoms with van der Waals surface area (Å²) in [6, 6.07) is 31.9. The minimum Gasteiger partial charge on any atom is -0.396 e. The van der Waals surface area contributed by atoms with Gasteiger partial charge in [-0.15, -0.1) is 0 Å². The minimum absolute atomic E-state index is 0.0436. The van der Waals surface area contributed by atoms with Crippen LogP contribution in [0, 0.1) is 29.6 Å². The number of Topliss-reactive ketones (excluding diaryl/α,β-unsaturated/α-hetero) is 1. The highest BCUT2D eigenvalue weighted by molar-refractivity contribution is 6.01. The summed E-state index contributed by atoms with van der Waals surface area (Å²) in [5.74, 6) is -4.29. The van der Waals surface area contributed by atoms with E-state index in [4.69, 9.17) is 9.47 Å². The van der Waals surface area contributed by atoms with Gasteiger partial charge in [-0.3, -0.25) is 38.4 Å². The highest BCUT2D eigenvalue weighted by atomic mass is 16.5. The van der Waals surface area contributed by atoms with Crippen molar-refractivity contribution in [2.24, 2.45) is 29.6 Å². The van der Waals surface area contributed by atoms with Gasteiger partial charge in [0.1, 0.15) is 18.1 Å². The van der Waals surface area contributed by atoms with Crippen LogP contribution in [0.3, 0.4) is 0 Å². The van der Waals surface area contributed by atoms with Gasteiger partial charge >= 0.3 is 0 Å². The third kappa shape index (κ3) is 15.9. The summed E-state index contributed by atoms with van der Waals surface area (Å²) in [6.45, 7) is 4.96. The minimum atomic E-state index is -1.71. The average Bonchev–Trinajstić information content (AvgIpc) is 1.09. The molecule has 4 aromatic carbocycles. The molecule has 4 aliphatic heterocycles. The lowest BCUT2D eigenvalue weighted by Gasteiger charge is -2.37. The third-order valence-corrected chi connectivity index (χ3v) is 20.8. The Labute approximate surface area is 553 Å². The fourth-order valence-electron chi connectivity index (χ4n) is 15.4. The number of fused-ring (bicyclic) bond motifs is 2. The Hall–Kier alpha value is -7.40. The topological polar surface area (TPSA) is 286 Å². The SMILES string of the molecule is CC[C@H](NC)C(=O)C[C@@H]1C(=O)N2[C@@H](CC[C@@H]1CO)CC[C@H]2C(=O)NC(C(=O)NCCOCC1CCC(COCCNC(=O)C(NC(=O)[C@@H]2CC[C@@H]3CC[C@H](CO)[C@H](NC(=O)[C@H](CC)NC)C(=O)N32)(c2ccccc2)c2ccccc2)CC1)(c1ccccc1)c1ccccc1. The van der Waals surface area contributed by atoms with Crippen LogP contribution in [0.5, 0.6) is 0 Å². The van der Waals surface area contributed by atoms with E-state index in [1.807, 2.05) is 86.6 Å². The van der Waals surface area contributed by atoms with E-state index in [9.17, 15) is 39.0 Å². The van der Waals surface area contributed by atoms with E-state index in [0.29, 0.717) is 112 Å². The van der Waals surface area contributed by atoms with Gasteiger partial charge in [0.25, 0.3) is 11.8 Å². The second kappa shape index (κ2) is 33.8. The number of nitrogens with one attached hydrogen (secondary N) is 7. The Kier molecular flexibility index (Phi) is 25.5. The normalized spacial score (nSPS) is 24.6. The number of amides is 7. The van der Waals surface area contributed by atoms with E-state index >= 15 is 9.59 Å². The number of carbonyl (C=O) groups excluding carboxylic acids is 8. The third-order valence-electron chi connectivity index (χ3n) is 20.8. The Morgan fingerprint density at radius 1 is 0.511 bits per heavy atom. The molecule has 21 nitrogen and oxygen atoms in total. The van der Waals surface area contributed by atoms with Crippen LogP contribution in [0.4, 0.5) is 0 Å². The summed E-state index contributed by atoms with van der Waals surface area (Å²) in [7, 11) is 3.39. The molecule has 9 N–H and O–H groups in total. The van der Waals surface area contributed by atoms with Crippen LogP contribution in [0.25, 0.3) is 0 Å². The number of hydrogen-bond donors (Lipinski definition) is 9. The van der Waals surface area contributed by atoms with Crippen molar-refractivity contribution < 1.29 is 58.0 Å². The van der Waals surface area contributed by atoms with Crippen LogP contribution in [0.1, 0.15) is 132 Å². The van der Waals surface area contributed by atoms with Gasteiger partial charge in [-0.25, -0.2) is 0 Å². The zero-order valence-corrected chi connectivity index (χ0v) is 55.1. The average molecular weight is 1290 g/mol. The molecule has 94 heavy (non-hydrogen) atoms. The van der Waals surface area contributed by atoms with E-state index in [0.717, 1.165) is 25.7 Å². The molecule has 0 unspecified atom stereocenters. The van der Waals surface area contributed by atoms with Crippen molar-refractivity contribution in [2.75, 3.05) is 66.8 Å². The molecule has 4 heterocycles. The number of hydrogen-bond acceptors (Lipinski definition) is 14. The molecule has 4 saturated heterocycles. The summed E-state index contributed by atoms with van der Waals surface area (Å²) >= 11 is 0. The molecule has 508 valence electrons. The van der Waals surface area contributed by atoms with Gasteiger partial charge in [0.05, 0.1) is 31.2 Å². The molecular formula is C73H99N9O12. The van der Waals surface area contributed by atoms with Crippen LogP contribution in [0.15, 0.2) is 121 Å². The Balaban J connectivity index is 0.778. The van der Waals surface area contributed by atoms with Crippen molar-refractivity contribution in [2.45, 2.75) is 164 Å². The predicted molar refractivity (Wildman–Crippen MR) is 355 cm³/mol. The summed E-state index contributed by atoms with van der Waals surface area (Å²) in [5, 5.41) is 42.4. The van der Waals surface area contributed by atoms with E-state index in [1.54, 1.807) is 72.4 Å². The Morgan fingerprint density at radius 2 is 0.894 bits per heavy atom. The van der Waals surface area contributed by atoms with Gasteiger partial charge in [0.2, 0.25) is 29.5 Å². The highest BCUT2D eigenvalue weighted by Crippen LogP contribution is 2.41. The van der Waals surface area contributed by atoms with Gasteiger partial charge < -0.3 is 66.7 Å². The monoisotopic (exact) mass is 1290 g/mol. The zero-order chi connectivity index (χ0) is 66.8. The van der Waals surface area contributed by atoms with Crippen LogP contribution >= 0.6 is 0 Å². The fourth-order valence-corrected chi connectivity index (χ4v) is 15.4. The van der Waals surface area contributed by atoms with Crippen molar-refractivity contribution in [3.63, 3.8) is 0 Å². The molecule has 0 bridgehead atoms. The van der Waals surface area contributed by atoms with Crippen molar-refractivity contribution in [1.82, 2.24) is 47.0 Å². The molecule has 0 aromatic heterocycles. The number of benzene rings is 4. The van der Waals surface area contributed by atoms with E-state index < -0.39 is 88.6 Å². The first-order chi connectivity index (χ1) is 45.7. The maximum absolute atomic E-state index is 15.0. The number of nitrogens with zero attached hydrogens (tertiary/aromatic N) is 2. The van der Waals surface area contributed by atoms with Crippen molar-refractivity contribution >= 4 is 47.1 Å². The standard InChI is InChI=1S/C73H99N9O12/c1-5-59(74-3)63(85)43-58-50(44-83)31-33-56-35-37-61(81(56)68(58)89)66(87)79-72(52-19-11-7-12-20-52,53-21-13-8-14-22-53)70(91)76-39-41-93-46-48-27-29-49(30-28-48)47-94-42-40-77-71(92)73(54-23-15-9-16-24-54,55-25-17-10-18-26-55)80-67(88)62-38-36-57-34-32-51(45-84)64(69(90)82(57)62)78-65(86)60(6-2)75-4/h7-26,48-51,56-62,64,74-75,83-84H,5-6,27-47H2,1-4H3,(H,76,91)(H,77,92)(H,78,86)(H,79,87)(H,80,88)/t48?,49?,50-,51-,56+,57+,58+,59+,60+,61+,62+,64+/m1/s1. The van der Waals surface area contributed by atoms with Crippen LogP contribution < -0.4 is 37.2 Å². The first-order valence-electron chi connectivity index (χ1n) is 34.3. The molecule has 0 radical (unpaired) electrons. The summed E-state index contributed by atoms with van der Waals surface area (Å²) in [5.41, 5.74) is -1.30.